The fourth-order valence-electron chi connectivity index (χ4n) is 2.51. The smallest absolute Gasteiger partial charge is 0.351 e. The number of hydrogen-bond acceptors (Lipinski definition) is 11. The van der Waals surface area contributed by atoms with Crippen LogP contribution < -0.4 is 17.2 Å². The first-order valence-electron chi connectivity index (χ1n) is 7.79. The summed E-state index contributed by atoms with van der Waals surface area (Å²) in [7, 11) is 0. The molecule has 0 saturated carbocycles. The van der Waals surface area contributed by atoms with E-state index in [0.29, 0.717) is 17.0 Å². The number of aliphatic hydroxyl groups excluding tert-OH is 3. The normalized spacial score (nSPS) is 24.6. The Morgan fingerprint density at radius 1 is 1.22 bits per heavy atom. The van der Waals surface area contributed by atoms with Crippen molar-refractivity contribution < 1.29 is 20.1 Å². The summed E-state index contributed by atoms with van der Waals surface area (Å²) >= 11 is 0. The molecule has 0 spiro atoms. The van der Waals surface area contributed by atoms with E-state index in [9.17, 15) is 15.0 Å². The number of nitrogens with one attached hydrogen (secondary N) is 1. The van der Waals surface area contributed by atoms with E-state index in [1.165, 1.54) is 24.9 Å². The topological polar surface area (TPSA) is 211 Å². The molecule has 4 rings (SSSR count). The fourth-order valence-corrected chi connectivity index (χ4v) is 2.51. The number of aromatic amines is 1. The number of H-pyrrole nitrogens is 1. The molecule has 27 heavy (non-hydrogen) atoms. The van der Waals surface area contributed by atoms with Gasteiger partial charge >= 0.3 is 5.69 Å². The summed E-state index contributed by atoms with van der Waals surface area (Å²) in [6.07, 6.45) is -0.342. The molecule has 13 heteroatoms. The van der Waals surface area contributed by atoms with Crippen LogP contribution >= 0.6 is 0 Å². The minimum Gasteiger partial charge on any atom is -0.394 e. The Labute approximate surface area is 151 Å². The second-order valence-corrected chi connectivity index (χ2v) is 5.63. The highest BCUT2D eigenvalue weighted by molar-refractivity contribution is 5.80. The molecule has 8 N–H and O–H groups in total. The van der Waals surface area contributed by atoms with Crippen LogP contribution in [0.2, 0.25) is 0 Å². The number of nitrogens with two attached hydrogens (primary N) is 2. The van der Waals surface area contributed by atoms with E-state index >= 15 is 0 Å². The zero-order valence-electron chi connectivity index (χ0n) is 13.9. The summed E-state index contributed by atoms with van der Waals surface area (Å²) in [6.45, 7) is -0.453. The van der Waals surface area contributed by atoms with Crippen LogP contribution in [0.5, 0.6) is 0 Å². The summed E-state index contributed by atoms with van der Waals surface area (Å²) in [5.74, 6) is 0.487. The van der Waals surface area contributed by atoms with E-state index < -0.39 is 36.8 Å². The molecule has 1 aliphatic heterocycles. The summed E-state index contributed by atoms with van der Waals surface area (Å²) in [6, 6.07) is 1.37. The Kier molecular flexibility index (Phi) is 5.27. The lowest BCUT2D eigenvalue weighted by molar-refractivity contribution is -0.0549. The summed E-state index contributed by atoms with van der Waals surface area (Å²) < 4.78 is 6.19. The van der Waals surface area contributed by atoms with Crippen LogP contribution in [0, 0.1) is 0 Å². The molecular weight excluding hydrogens is 360 g/mol. The molecule has 3 aromatic heterocycles. The van der Waals surface area contributed by atoms with Crippen molar-refractivity contribution in [2.24, 2.45) is 0 Å². The molecule has 1 saturated heterocycles. The van der Waals surface area contributed by atoms with Gasteiger partial charge in [-0.3, -0.25) is 4.57 Å². The number of aliphatic hydroxyl groups is 3. The van der Waals surface area contributed by atoms with Gasteiger partial charge in [0, 0.05) is 6.20 Å². The zero-order valence-corrected chi connectivity index (χ0v) is 13.9. The van der Waals surface area contributed by atoms with Gasteiger partial charge in [0.25, 0.3) is 0 Å². The summed E-state index contributed by atoms with van der Waals surface area (Å²) in [5.41, 5.74) is 11.4. The largest absolute Gasteiger partial charge is 0.394 e. The summed E-state index contributed by atoms with van der Waals surface area (Å²) in [5, 5.41) is 28.2. The first kappa shape index (κ1) is 18.7. The lowest BCUT2D eigenvalue weighted by Gasteiger charge is -2.16. The van der Waals surface area contributed by atoms with Crippen molar-refractivity contribution in [2.45, 2.75) is 24.5 Å². The van der Waals surface area contributed by atoms with Gasteiger partial charge in [0.05, 0.1) is 12.9 Å². The first-order chi connectivity index (χ1) is 12.9. The van der Waals surface area contributed by atoms with Crippen LogP contribution in [0.4, 0.5) is 11.6 Å². The van der Waals surface area contributed by atoms with Gasteiger partial charge in [-0.05, 0) is 6.07 Å². The third-order valence-corrected chi connectivity index (χ3v) is 3.90. The van der Waals surface area contributed by atoms with E-state index in [1.807, 2.05) is 0 Å². The fraction of sp³-hybridized carbons (Fsp3) is 0.357. The molecule has 0 bridgehead atoms. The van der Waals surface area contributed by atoms with Crippen LogP contribution in [0.3, 0.4) is 0 Å². The SMILES string of the molecule is Nc1ccn([C@@H]2O[C@H](CO)[C@@H](O)[C@H]2O)c(=O)n1.Nc1ncnc2nc[nH]c12. The quantitative estimate of drug-likeness (QED) is 0.271. The minimum absolute atomic E-state index is 0.0537. The Morgan fingerprint density at radius 3 is 2.63 bits per heavy atom. The molecule has 4 heterocycles. The maximum Gasteiger partial charge on any atom is 0.351 e. The number of aromatic nitrogens is 6. The molecule has 4 atom stereocenters. The molecule has 0 aliphatic carbocycles. The molecule has 144 valence electrons. The van der Waals surface area contributed by atoms with Crippen molar-refractivity contribution in [1.29, 1.82) is 0 Å². The zero-order chi connectivity index (χ0) is 19.6. The maximum absolute atomic E-state index is 11.5. The lowest BCUT2D eigenvalue weighted by Crippen LogP contribution is -2.36. The van der Waals surface area contributed by atoms with Crippen molar-refractivity contribution in [3.05, 3.63) is 35.4 Å². The van der Waals surface area contributed by atoms with Gasteiger partial charge in [-0.1, -0.05) is 0 Å². The third-order valence-electron chi connectivity index (χ3n) is 3.90. The van der Waals surface area contributed by atoms with Crippen LogP contribution in [0.25, 0.3) is 11.2 Å². The van der Waals surface area contributed by atoms with Gasteiger partial charge in [0.2, 0.25) is 0 Å². The Balaban J connectivity index is 0.000000177. The predicted octanol–water partition coefficient (Wildman–Crippen LogP) is -2.63. The Hall–Kier alpha value is -3.13. The lowest BCUT2D eigenvalue weighted by atomic mass is 10.1. The van der Waals surface area contributed by atoms with Gasteiger partial charge in [0.15, 0.2) is 17.7 Å². The van der Waals surface area contributed by atoms with Gasteiger partial charge in [-0.15, -0.1) is 0 Å². The van der Waals surface area contributed by atoms with Crippen molar-refractivity contribution >= 4 is 22.8 Å². The highest BCUT2D eigenvalue weighted by atomic mass is 16.6. The van der Waals surface area contributed by atoms with Crippen molar-refractivity contribution in [2.75, 3.05) is 18.1 Å². The van der Waals surface area contributed by atoms with Crippen LogP contribution in [0.1, 0.15) is 6.23 Å². The van der Waals surface area contributed by atoms with E-state index in [-0.39, 0.29) is 5.82 Å². The molecule has 1 aliphatic rings. The number of fused-ring (bicyclic) bond motifs is 1. The molecule has 0 aromatic carbocycles. The van der Waals surface area contributed by atoms with Crippen molar-refractivity contribution in [1.82, 2.24) is 29.5 Å². The molecule has 3 aromatic rings. The average molecular weight is 378 g/mol. The molecule has 13 nitrogen and oxygen atoms in total. The van der Waals surface area contributed by atoms with Crippen molar-refractivity contribution in [3.63, 3.8) is 0 Å². The highest BCUT2D eigenvalue weighted by Crippen LogP contribution is 2.27. The van der Waals surface area contributed by atoms with E-state index in [0.717, 1.165) is 4.57 Å². The van der Waals surface area contributed by atoms with Gasteiger partial charge in [-0.2, -0.15) is 4.98 Å². The highest BCUT2D eigenvalue weighted by Gasteiger charge is 2.43. The molecular formula is C14H18N8O5. The van der Waals surface area contributed by atoms with E-state index in [1.54, 1.807) is 0 Å². The molecule has 0 unspecified atom stereocenters. The number of nitrogens with zero attached hydrogens (tertiary/aromatic N) is 5. The maximum atomic E-state index is 11.5. The van der Waals surface area contributed by atoms with E-state index in [4.69, 9.17) is 21.3 Å². The van der Waals surface area contributed by atoms with Gasteiger partial charge in [-0.25, -0.2) is 19.7 Å². The molecule has 0 amide bonds. The monoisotopic (exact) mass is 378 g/mol. The third kappa shape index (κ3) is 3.70. The Morgan fingerprint density at radius 2 is 2.00 bits per heavy atom. The molecule has 1 fully saturated rings. The number of nitrogen functional groups attached to an aromatic ring is 2. The van der Waals surface area contributed by atoms with Crippen molar-refractivity contribution in [3.8, 4) is 0 Å². The second-order valence-electron chi connectivity index (χ2n) is 5.63. The molecule has 0 radical (unpaired) electrons. The van der Waals surface area contributed by atoms with Gasteiger partial charge < -0.3 is 36.5 Å². The summed E-state index contributed by atoms with van der Waals surface area (Å²) in [4.78, 5) is 29.4. The number of anilines is 2. The second kappa shape index (κ2) is 7.63. The number of imidazole rings is 1. The number of ether oxygens (including phenoxy) is 1. The van der Waals surface area contributed by atoms with E-state index in [2.05, 4.69) is 24.9 Å². The number of rotatable bonds is 2. The average Bonchev–Trinajstić information content (AvgIpc) is 3.23. The standard InChI is InChI=1S/C9H13N3O5.C5H5N5/c10-5-1-2-12(9(16)11-5)8-7(15)6(14)4(3-13)17-8;6-4-3-5(9-1-7-3)10-2-8-4/h1-2,4,6-8,13-15H,3H2,(H2,10,11,16);1-2H,(H3,6,7,8,9,10)/t4-,6-,7-,8-;/m1./s1. The minimum atomic E-state index is -1.31. The predicted molar refractivity (Wildman–Crippen MR) is 92.0 cm³/mol. The number of hydrogen-bond donors (Lipinski definition) is 6. The van der Waals surface area contributed by atoms with Gasteiger partial charge in [0.1, 0.15) is 36.0 Å². The van der Waals surface area contributed by atoms with Crippen LogP contribution in [-0.2, 0) is 4.74 Å². The van der Waals surface area contributed by atoms with Crippen LogP contribution in [-0.4, -0.2) is 69.7 Å². The van der Waals surface area contributed by atoms with Crippen LogP contribution in [0.15, 0.2) is 29.7 Å². The first-order valence-corrected chi connectivity index (χ1v) is 7.79. The Bertz CT molecular complexity index is 975.